The number of allylic oxidation sites excluding steroid dienone is 1. The lowest BCUT2D eigenvalue weighted by Gasteiger charge is -1.99. The van der Waals surface area contributed by atoms with Crippen LogP contribution >= 0.6 is 0 Å². The molecule has 1 aromatic heterocycles. The Morgan fingerprint density at radius 2 is 2.23 bits per heavy atom. The number of imidazole rings is 1. The van der Waals surface area contributed by atoms with Crippen LogP contribution in [0.3, 0.4) is 0 Å². The van der Waals surface area contributed by atoms with Crippen LogP contribution in [0.2, 0.25) is 0 Å². The van der Waals surface area contributed by atoms with E-state index in [0.717, 1.165) is 23.6 Å². The highest BCUT2D eigenvalue weighted by Crippen LogP contribution is 2.13. The summed E-state index contributed by atoms with van der Waals surface area (Å²) < 4.78 is 2.11. The zero-order chi connectivity index (χ0) is 9.84. The number of nitrogens with zero attached hydrogens (tertiary/aromatic N) is 2. The third kappa shape index (κ3) is 1.72. The number of aryl methyl sites for hydroxylation is 1. The van der Waals surface area contributed by atoms with Gasteiger partial charge in [0, 0.05) is 13.5 Å². The van der Waals surface area contributed by atoms with Gasteiger partial charge in [-0.1, -0.05) is 19.6 Å². The van der Waals surface area contributed by atoms with E-state index in [0.29, 0.717) is 0 Å². The van der Waals surface area contributed by atoms with Crippen LogP contribution in [-0.4, -0.2) is 9.55 Å². The Morgan fingerprint density at radius 3 is 2.69 bits per heavy atom. The largest absolute Gasteiger partial charge is 0.331 e. The molecule has 70 valence electrons. The van der Waals surface area contributed by atoms with Gasteiger partial charge in [0.15, 0.2) is 0 Å². The summed E-state index contributed by atoms with van der Waals surface area (Å²) in [6, 6.07) is 0. The molecule has 0 saturated carbocycles. The first-order chi connectivity index (χ1) is 6.24. The molecule has 1 heterocycles. The number of hydrogen-bond acceptors (Lipinski definition) is 1. The van der Waals surface area contributed by atoms with Crippen molar-refractivity contribution in [2.75, 3.05) is 0 Å². The quantitative estimate of drug-likeness (QED) is 0.692. The molecular formula is C11H16N2. The third-order valence-corrected chi connectivity index (χ3v) is 2.09. The summed E-state index contributed by atoms with van der Waals surface area (Å²) >= 11 is 0. The van der Waals surface area contributed by atoms with E-state index in [9.17, 15) is 0 Å². The summed E-state index contributed by atoms with van der Waals surface area (Å²) in [6.45, 7) is 7.86. The molecule has 0 aliphatic carbocycles. The van der Waals surface area contributed by atoms with Crippen molar-refractivity contribution in [1.82, 2.24) is 9.55 Å². The number of aromatic nitrogens is 2. The lowest BCUT2D eigenvalue weighted by molar-refractivity contribution is 0.801. The van der Waals surface area contributed by atoms with Gasteiger partial charge in [0.2, 0.25) is 0 Å². The summed E-state index contributed by atoms with van der Waals surface area (Å²) in [4.78, 5) is 4.46. The van der Waals surface area contributed by atoms with Crippen molar-refractivity contribution in [2.24, 2.45) is 7.05 Å². The molecular weight excluding hydrogens is 160 g/mol. The predicted octanol–water partition coefficient (Wildman–Crippen LogP) is 2.66. The minimum absolute atomic E-state index is 0.953. The minimum Gasteiger partial charge on any atom is -0.331 e. The Bertz CT molecular complexity index is 332. The van der Waals surface area contributed by atoms with Gasteiger partial charge in [-0.2, -0.15) is 0 Å². The fraction of sp³-hybridized carbons (Fsp3) is 0.364. The van der Waals surface area contributed by atoms with Crippen LogP contribution in [0.1, 0.15) is 31.1 Å². The van der Waals surface area contributed by atoms with E-state index in [4.69, 9.17) is 0 Å². The van der Waals surface area contributed by atoms with Crippen LogP contribution in [0, 0.1) is 0 Å². The van der Waals surface area contributed by atoms with E-state index < -0.39 is 0 Å². The molecule has 0 radical (unpaired) electrons. The van der Waals surface area contributed by atoms with Gasteiger partial charge in [0.1, 0.15) is 5.82 Å². The van der Waals surface area contributed by atoms with Gasteiger partial charge in [-0.15, -0.1) is 0 Å². The SMILES string of the molecule is C=Cc1nc(CC)n(C)c1/C=C\C. The van der Waals surface area contributed by atoms with Gasteiger partial charge in [-0.25, -0.2) is 4.98 Å². The molecule has 0 spiro atoms. The second-order valence-electron chi connectivity index (χ2n) is 2.92. The molecule has 0 aromatic carbocycles. The Morgan fingerprint density at radius 1 is 1.54 bits per heavy atom. The van der Waals surface area contributed by atoms with Gasteiger partial charge < -0.3 is 4.57 Å². The molecule has 0 atom stereocenters. The van der Waals surface area contributed by atoms with Crippen molar-refractivity contribution in [1.29, 1.82) is 0 Å². The summed E-state index contributed by atoms with van der Waals surface area (Å²) in [5.41, 5.74) is 2.10. The fourth-order valence-electron chi connectivity index (χ4n) is 1.40. The van der Waals surface area contributed by atoms with Crippen LogP contribution < -0.4 is 0 Å². The van der Waals surface area contributed by atoms with Crippen LogP contribution in [0.15, 0.2) is 12.7 Å². The molecule has 2 heteroatoms. The van der Waals surface area contributed by atoms with Gasteiger partial charge in [-0.05, 0) is 19.1 Å². The molecule has 0 saturated heterocycles. The minimum atomic E-state index is 0.953. The monoisotopic (exact) mass is 176 g/mol. The molecule has 1 rings (SSSR count). The van der Waals surface area contributed by atoms with E-state index in [2.05, 4.69) is 29.1 Å². The zero-order valence-electron chi connectivity index (χ0n) is 8.54. The standard InChI is InChI=1S/C11H16N2/c1-5-8-10-9(6-2)12-11(7-3)13(10)4/h5-6,8H,2,7H2,1,3-4H3/b8-5-. The summed E-state index contributed by atoms with van der Waals surface area (Å²) in [6.07, 6.45) is 6.83. The van der Waals surface area contributed by atoms with E-state index in [1.54, 1.807) is 6.08 Å². The lowest BCUT2D eigenvalue weighted by atomic mass is 10.3. The van der Waals surface area contributed by atoms with Crippen molar-refractivity contribution < 1.29 is 0 Å². The van der Waals surface area contributed by atoms with Crippen LogP contribution in [0.25, 0.3) is 12.2 Å². The first-order valence-corrected chi connectivity index (χ1v) is 4.55. The highest BCUT2D eigenvalue weighted by Gasteiger charge is 2.07. The van der Waals surface area contributed by atoms with E-state index in [1.165, 1.54) is 0 Å². The average Bonchev–Trinajstić information content (AvgIpc) is 2.45. The van der Waals surface area contributed by atoms with Crippen LogP contribution in [-0.2, 0) is 13.5 Å². The zero-order valence-corrected chi connectivity index (χ0v) is 8.54. The molecule has 0 aliphatic rings. The molecule has 0 bridgehead atoms. The maximum Gasteiger partial charge on any atom is 0.109 e. The van der Waals surface area contributed by atoms with Gasteiger partial charge in [-0.3, -0.25) is 0 Å². The average molecular weight is 176 g/mol. The molecule has 0 N–H and O–H groups in total. The fourth-order valence-corrected chi connectivity index (χ4v) is 1.40. The second kappa shape index (κ2) is 4.08. The molecule has 1 aromatic rings. The van der Waals surface area contributed by atoms with Gasteiger partial charge in [0.05, 0.1) is 11.4 Å². The number of rotatable bonds is 3. The van der Waals surface area contributed by atoms with Crippen LogP contribution in [0.5, 0.6) is 0 Å². The highest BCUT2D eigenvalue weighted by atomic mass is 15.1. The predicted molar refractivity (Wildman–Crippen MR) is 57.4 cm³/mol. The molecule has 13 heavy (non-hydrogen) atoms. The van der Waals surface area contributed by atoms with E-state index in [1.807, 2.05) is 20.0 Å². The molecule has 0 aliphatic heterocycles. The van der Waals surface area contributed by atoms with Crippen molar-refractivity contribution in [3.63, 3.8) is 0 Å². The molecule has 2 nitrogen and oxygen atoms in total. The summed E-state index contributed by atoms with van der Waals surface area (Å²) in [7, 11) is 2.04. The summed E-state index contributed by atoms with van der Waals surface area (Å²) in [5.74, 6) is 1.10. The normalized spacial score (nSPS) is 11.0. The first kappa shape index (κ1) is 9.78. The maximum absolute atomic E-state index is 4.46. The number of hydrogen-bond donors (Lipinski definition) is 0. The van der Waals surface area contributed by atoms with Gasteiger partial charge >= 0.3 is 0 Å². The Balaban J connectivity index is 3.28. The van der Waals surface area contributed by atoms with Crippen LogP contribution in [0.4, 0.5) is 0 Å². The Labute approximate surface area is 79.6 Å². The Kier molecular flexibility index (Phi) is 3.07. The second-order valence-corrected chi connectivity index (χ2v) is 2.92. The highest BCUT2D eigenvalue weighted by molar-refractivity contribution is 5.59. The smallest absolute Gasteiger partial charge is 0.109 e. The molecule has 0 unspecified atom stereocenters. The third-order valence-electron chi connectivity index (χ3n) is 2.09. The van der Waals surface area contributed by atoms with Crippen molar-refractivity contribution in [3.05, 3.63) is 29.9 Å². The van der Waals surface area contributed by atoms with Crippen molar-refractivity contribution in [2.45, 2.75) is 20.3 Å². The van der Waals surface area contributed by atoms with Crippen molar-refractivity contribution in [3.8, 4) is 0 Å². The van der Waals surface area contributed by atoms with Gasteiger partial charge in [0.25, 0.3) is 0 Å². The molecule has 0 amide bonds. The summed E-state index contributed by atoms with van der Waals surface area (Å²) in [5, 5.41) is 0. The van der Waals surface area contributed by atoms with E-state index >= 15 is 0 Å². The van der Waals surface area contributed by atoms with Crippen molar-refractivity contribution >= 4 is 12.2 Å². The van der Waals surface area contributed by atoms with E-state index in [-0.39, 0.29) is 0 Å². The molecule has 0 fully saturated rings. The topological polar surface area (TPSA) is 17.8 Å². The first-order valence-electron chi connectivity index (χ1n) is 4.55. The maximum atomic E-state index is 4.46. The lowest BCUT2D eigenvalue weighted by Crippen LogP contribution is -1.97. The Hall–Kier alpha value is -1.31.